The van der Waals surface area contributed by atoms with Gasteiger partial charge in [0.2, 0.25) is 0 Å². The summed E-state index contributed by atoms with van der Waals surface area (Å²) in [4.78, 5) is 7.09. The van der Waals surface area contributed by atoms with E-state index in [1.54, 1.807) is 11.3 Å². The number of para-hydroxylation sites is 1. The van der Waals surface area contributed by atoms with Gasteiger partial charge in [0.05, 0.1) is 16.3 Å². The van der Waals surface area contributed by atoms with Crippen LogP contribution in [-0.2, 0) is 6.54 Å². The van der Waals surface area contributed by atoms with Gasteiger partial charge in [-0.25, -0.2) is 4.98 Å². The van der Waals surface area contributed by atoms with Crippen LogP contribution in [0.2, 0.25) is 0 Å². The molecule has 0 saturated carbocycles. The average Bonchev–Trinajstić information content (AvgIpc) is 2.88. The molecule has 106 valence electrons. The summed E-state index contributed by atoms with van der Waals surface area (Å²) >= 11 is 1.74. The number of nitrogens with one attached hydrogen (secondary N) is 1. The summed E-state index contributed by atoms with van der Waals surface area (Å²) in [6.45, 7) is 3.22. The van der Waals surface area contributed by atoms with E-state index in [0.717, 1.165) is 30.3 Å². The molecule has 1 N–H and O–H groups in total. The number of rotatable bonds is 4. The first-order valence-electron chi connectivity index (χ1n) is 7.25. The lowest BCUT2D eigenvalue weighted by atomic mass is 10.1. The third kappa shape index (κ3) is 2.77. The number of anilines is 1. The molecule has 2 heterocycles. The maximum Gasteiger partial charge on any atom is 0.184 e. The maximum atomic E-state index is 4.63. The second-order valence-corrected chi connectivity index (χ2v) is 6.54. The highest BCUT2D eigenvalue weighted by atomic mass is 32.1. The zero-order chi connectivity index (χ0) is 14.1. The Morgan fingerprint density at radius 1 is 1.05 bits per heavy atom. The van der Waals surface area contributed by atoms with Gasteiger partial charge in [0.15, 0.2) is 5.13 Å². The number of hydrogen-bond acceptors (Lipinski definition) is 4. The second kappa shape index (κ2) is 5.47. The van der Waals surface area contributed by atoms with Gasteiger partial charge in [0.1, 0.15) is 0 Å². The first-order chi connectivity index (χ1) is 10.4. The molecule has 1 aliphatic heterocycles. The minimum Gasteiger partial charge on any atom is -0.356 e. The predicted octanol–water partition coefficient (Wildman–Crippen LogP) is 3.59. The van der Waals surface area contributed by atoms with Crippen molar-refractivity contribution in [3.63, 3.8) is 0 Å². The molecule has 0 bridgehead atoms. The number of aromatic nitrogens is 1. The van der Waals surface area contributed by atoms with Crippen molar-refractivity contribution >= 4 is 26.7 Å². The molecule has 1 aromatic heterocycles. The molecule has 0 spiro atoms. The highest BCUT2D eigenvalue weighted by Crippen LogP contribution is 2.27. The van der Waals surface area contributed by atoms with Crippen molar-refractivity contribution in [2.45, 2.75) is 12.6 Å². The van der Waals surface area contributed by atoms with Crippen molar-refractivity contribution in [2.24, 2.45) is 0 Å². The molecule has 0 atom stereocenters. The molecule has 1 saturated heterocycles. The Morgan fingerprint density at radius 3 is 2.62 bits per heavy atom. The molecule has 0 radical (unpaired) electrons. The van der Waals surface area contributed by atoms with Crippen LogP contribution >= 0.6 is 11.3 Å². The summed E-state index contributed by atoms with van der Waals surface area (Å²) in [5.41, 5.74) is 2.47. The Bertz CT molecular complexity index is 699. The van der Waals surface area contributed by atoms with Gasteiger partial charge in [-0.2, -0.15) is 0 Å². The van der Waals surface area contributed by atoms with Crippen LogP contribution in [0.5, 0.6) is 0 Å². The second-order valence-electron chi connectivity index (χ2n) is 5.51. The number of thiazole rings is 1. The first-order valence-corrected chi connectivity index (χ1v) is 8.07. The van der Waals surface area contributed by atoms with Crippen molar-refractivity contribution in [1.82, 2.24) is 9.88 Å². The number of benzene rings is 2. The molecule has 3 nitrogen and oxygen atoms in total. The van der Waals surface area contributed by atoms with Crippen molar-refractivity contribution in [1.29, 1.82) is 0 Å². The first kappa shape index (κ1) is 12.8. The number of fused-ring (bicyclic) bond motifs is 1. The lowest BCUT2D eigenvalue weighted by molar-refractivity contribution is 0.153. The van der Waals surface area contributed by atoms with Gasteiger partial charge in [-0.15, -0.1) is 0 Å². The Kier molecular flexibility index (Phi) is 3.33. The van der Waals surface area contributed by atoms with Crippen LogP contribution < -0.4 is 5.32 Å². The van der Waals surface area contributed by atoms with E-state index in [2.05, 4.69) is 63.7 Å². The van der Waals surface area contributed by atoms with E-state index in [1.165, 1.54) is 10.3 Å². The summed E-state index contributed by atoms with van der Waals surface area (Å²) in [6, 6.07) is 19.5. The van der Waals surface area contributed by atoms with E-state index >= 15 is 0 Å². The average molecular weight is 295 g/mol. The smallest absolute Gasteiger partial charge is 0.184 e. The summed E-state index contributed by atoms with van der Waals surface area (Å²) in [5.74, 6) is 0. The van der Waals surface area contributed by atoms with Gasteiger partial charge in [-0.05, 0) is 17.7 Å². The van der Waals surface area contributed by atoms with E-state index in [4.69, 9.17) is 0 Å². The van der Waals surface area contributed by atoms with Crippen LogP contribution in [-0.4, -0.2) is 29.0 Å². The van der Waals surface area contributed by atoms with Crippen molar-refractivity contribution < 1.29 is 0 Å². The SMILES string of the molecule is c1ccc(CN2CC(Nc3nc4ccccc4s3)C2)cc1. The summed E-state index contributed by atoms with van der Waals surface area (Å²) in [6.07, 6.45) is 0. The van der Waals surface area contributed by atoms with Crippen molar-refractivity contribution in [3.05, 3.63) is 60.2 Å². The van der Waals surface area contributed by atoms with Crippen LogP contribution in [0, 0.1) is 0 Å². The lowest BCUT2D eigenvalue weighted by Crippen LogP contribution is -2.53. The normalized spacial score (nSPS) is 16.0. The molecule has 3 aromatic rings. The third-order valence-corrected chi connectivity index (χ3v) is 4.80. The molecule has 0 unspecified atom stereocenters. The summed E-state index contributed by atoms with van der Waals surface area (Å²) in [7, 11) is 0. The van der Waals surface area contributed by atoms with Crippen LogP contribution in [0.15, 0.2) is 54.6 Å². The standard InChI is InChI=1S/C17H17N3S/c1-2-6-13(7-3-1)10-20-11-14(12-20)18-17-19-15-8-4-5-9-16(15)21-17/h1-9,14H,10-12H2,(H,18,19). The molecule has 4 rings (SSSR count). The number of likely N-dealkylation sites (tertiary alicyclic amines) is 1. The topological polar surface area (TPSA) is 28.2 Å². The number of hydrogen-bond donors (Lipinski definition) is 1. The molecule has 2 aromatic carbocycles. The lowest BCUT2D eigenvalue weighted by Gasteiger charge is -2.39. The van der Waals surface area contributed by atoms with Gasteiger partial charge in [-0.1, -0.05) is 53.8 Å². The van der Waals surface area contributed by atoms with Gasteiger partial charge >= 0.3 is 0 Å². The van der Waals surface area contributed by atoms with Gasteiger partial charge < -0.3 is 5.32 Å². The van der Waals surface area contributed by atoms with E-state index in [0.29, 0.717) is 6.04 Å². The highest BCUT2D eigenvalue weighted by Gasteiger charge is 2.27. The van der Waals surface area contributed by atoms with Gasteiger partial charge in [0.25, 0.3) is 0 Å². The summed E-state index contributed by atoms with van der Waals surface area (Å²) in [5, 5.41) is 4.59. The molecular formula is C17H17N3S. The highest BCUT2D eigenvalue weighted by molar-refractivity contribution is 7.22. The van der Waals surface area contributed by atoms with Gasteiger partial charge in [-0.3, -0.25) is 4.90 Å². The van der Waals surface area contributed by atoms with E-state index in [1.807, 2.05) is 6.07 Å². The van der Waals surface area contributed by atoms with E-state index < -0.39 is 0 Å². The molecule has 0 aliphatic carbocycles. The monoisotopic (exact) mass is 295 g/mol. The fourth-order valence-corrected chi connectivity index (χ4v) is 3.68. The number of nitrogens with zero attached hydrogens (tertiary/aromatic N) is 2. The van der Waals surface area contributed by atoms with E-state index in [9.17, 15) is 0 Å². The zero-order valence-electron chi connectivity index (χ0n) is 11.7. The molecule has 0 amide bonds. The predicted molar refractivity (Wildman–Crippen MR) is 88.7 cm³/mol. The molecule has 1 aliphatic rings. The van der Waals surface area contributed by atoms with Crippen LogP contribution in [0.3, 0.4) is 0 Å². The van der Waals surface area contributed by atoms with Crippen molar-refractivity contribution in [3.8, 4) is 0 Å². The maximum absolute atomic E-state index is 4.63. The van der Waals surface area contributed by atoms with Gasteiger partial charge in [0, 0.05) is 19.6 Å². The largest absolute Gasteiger partial charge is 0.356 e. The summed E-state index contributed by atoms with van der Waals surface area (Å²) < 4.78 is 1.25. The Morgan fingerprint density at radius 2 is 1.81 bits per heavy atom. The van der Waals surface area contributed by atoms with Crippen molar-refractivity contribution in [2.75, 3.05) is 18.4 Å². The fourth-order valence-electron chi connectivity index (χ4n) is 2.74. The van der Waals surface area contributed by atoms with Crippen LogP contribution in [0.25, 0.3) is 10.2 Å². The molecule has 4 heteroatoms. The van der Waals surface area contributed by atoms with Crippen LogP contribution in [0.1, 0.15) is 5.56 Å². The molecule has 1 fully saturated rings. The fraction of sp³-hybridized carbons (Fsp3) is 0.235. The Labute approximate surface area is 128 Å². The molecule has 21 heavy (non-hydrogen) atoms. The Hall–Kier alpha value is -1.91. The minimum absolute atomic E-state index is 0.522. The van der Waals surface area contributed by atoms with E-state index in [-0.39, 0.29) is 0 Å². The molecular weight excluding hydrogens is 278 g/mol. The Balaban J connectivity index is 1.34. The third-order valence-electron chi connectivity index (χ3n) is 3.83. The minimum atomic E-state index is 0.522. The zero-order valence-corrected chi connectivity index (χ0v) is 12.5. The quantitative estimate of drug-likeness (QED) is 0.797. The van der Waals surface area contributed by atoms with Crippen LogP contribution in [0.4, 0.5) is 5.13 Å².